The van der Waals surface area contributed by atoms with Crippen LogP contribution in [-0.4, -0.2) is 14.5 Å². The van der Waals surface area contributed by atoms with Crippen molar-refractivity contribution in [2.75, 3.05) is 0 Å². The summed E-state index contributed by atoms with van der Waals surface area (Å²) in [6.07, 6.45) is 0. The molecular weight excluding hydrogens is 270 g/mol. The lowest BCUT2D eigenvalue weighted by Crippen LogP contribution is -1.86. The van der Waals surface area contributed by atoms with Gasteiger partial charge in [0.2, 0.25) is 0 Å². The van der Waals surface area contributed by atoms with Crippen LogP contribution >= 0.6 is 11.5 Å². The number of benzene rings is 2. The number of nitrogens with zero attached hydrogens (tertiary/aromatic N) is 3. The van der Waals surface area contributed by atoms with Crippen molar-refractivity contribution < 1.29 is 5.11 Å². The summed E-state index contributed by atoms with van der Waals surface area (Å²) in [5.41, 5.74) is 1.33. The van der Waals surface area contributed by atoms with E-state index in [-0.39, 0.29) is 5.76 Å². The fraction of sp³-hybridized carbons (Fsp3) is 0. The molecule has 0 amide bonds. The van der Waals surface area contributed by atoms with Crippen molar-refractivity contribution in [3.63, 3.8) is 0 Å². The van der Waals surface area contributed by atoms with Gasteiger partial charge in [0, 0.05) is 5.56 Å². The molecular formula is C15H9N3OS. The lowest BCUT2D eigenvalue weighted by Gasteiger charge is -2.03. The van der Waals surface area contributed by atoms with E-state index in [2.05, 4.69) is 22.0 Å². The summed E-state index contributed by atoms with van der Waals surface area (Å²) in [4.78, 5) is 4.21. The summed E-state index contributed by atoms with van der Waals surface area (Å²) >= 11 is 1.08. The average molecular weight is 279 g/mol. The second kappa shape index (κ2) is 4.76. The minimum absolute atomic E-state index is 0.102. The van der Waals surface area contributed by atoms with E-state index in [1.165, 1.54) is 0 Å². The molecule has 1 aromatic heterocycles. The highest BCUT2D eigenvalue weighted by molar-refractivity contribution is 7.06. The Bertz CT molecular complexity index is 861. The minimum Gasteiger partial charge on any atom is -0.505 e. The highest BCUT2D eigenvalue weighted by Gasteiger charge is 2.11. The summed E-state index contributed by atoms with van der Waals surface area (Å²) in [6.45, 7) is 3.43. The van der Waals surface area contributed by atoms with E-state index in [9.17, 15) is 10.4 Å². The number of rotatable bonds is 2. The normalized spacial score (nSPS) is 10.3. The van der Waals surface area contributed by atoms with Crippen molar-refractivity contribution >= 4 is 28.1 Å². The van der Waals surface area contributed by atoms with Crippen LogP contribution in [0.2, 0.25) is 0 Å². The van der Waals surface area contributed by atoms with Crippen molar-refractivity contribution in [3.05, 3.63) is 53.5 Å². The molecule has 0 aliphatic heterocycles. The lowest BCUT2D eigenvalue weighted by molar-refractivity contribution is 0.513. The zero-order valence-corrected chi connectivity index (χ0v) is 11.2. The molecule has 1 N–H and O–H groups in total. The maximum atomic E-state index is 9.32. The predicted octanol–water partition coefficient (Wildman–Crippen LogP) is 3.76. The summed E-state index contributed by atoms with van der Waals surface area (Å²) in [7, 11) is 0. The molecule has 0 bridgehead atoms. The second-order valence-electron chi connectivity index (χ2n) is 4.23. The summed E-state index contributed by atoms with van der Waals surface area (Å²) in [5, 5.41) is 20.8. The van der Waals surface area contributed by atoms with Gasteiger partial charge in [0.05, 0.1) is 11.6 Å². The van der Waals surface area contributed by atoms with E-state index in [0.717, 1.165) is 27.9 Å². The fourth-order valence-electron chi connectivity index (χ4n) is 1.99. The Kier molecular flexibility index (Phi) is 2.93. The van der Waals surface area contributed by atoms with Crippen LogP contribution in [0.3, 0.4) is 0 Å². The van der Waals surface area contributed by atoms with Gasteiger partial charge in [-0.1, -0.05) is 30.8 Å². The smallest absolute Gasteiger partial charge is 0.178 e. The molecule has 3 rings (SSSR count). The topological polar surface area (TPSA) is 69.8 Å². The number of fused-ring (bicyclic) bond motifs is 1. The number of hydrogen-bond donors (Lipinski definition) is 1. The van der Waals surface area contributed by atoms with E-state index in [4.69, 9.17) is 0 Å². The van der Waals surface area contributed by atoms with Crippen LogP contribution in [0, 0.1) is 11.3 Å². The van der Waals surface area contributed by atoms with Crippen LogP contribution in [0.4, 0.5) is 0 Å². The molecule has 5 heteroatoms. The van der Waals surface area contributed by atoms with E-state index >= 15 is 0 Å². The van der Waals surface area contributed by atoms with Crippen molar-refractivity contribution in [1.29, 1.82) is 5.26 Å². The highest BCUT2D eigenvalue weighted by Crippen LogP contribution is 2.27. The predicted molar refractivity (Wildman–Crippen MR) is 79.2 cm³/mol. The van der Waals surface area contributed by atoms with E-state index in [0.29, 0.717) is 16.4 Å². The Labute approximate surface area is 119 Å². The maximum absolute atomic E-state index is 9.32. The Balaban J connectivity index is 2.21. The molecule has 20 heavy (non-hydrogen) atoms. The molecule has 4 nitrogen and oxygen atoms in total. The van der Waals surface area contributed by atoms with Crippen LogP contribution in [0.15, 0.2) is 43.0 Å². The molecule has 3 aromatic rings. The first-order valence-corrected chi connectivity index (χ1v) is 6.61. The van der Waals surface area contributed by atoms with Gasteiger partial charge >= 0.3 is 0 Å². The molecule has 0 saturated carbocycles. The molecule has 0 aliphatic rings. The van der Waals surface area contributed by atoms with Crippen molar-refractivity contribution in [3.8, 4) is 17.5 Å². The molecule has 96 valence electrons. The Hall–Kier alpha value is -2.71. The van der Waals surface area contributed by atoms with E-state index < -0.39 is 0 Å². The Morgan fingerprint density at radius 3 is 2.80 bits per heavy atom. The zero-order chi connectivity index (χ0) is 14.1. The Morgan fingerprint density at radius 1 is 1.30 bits per heavy atom. The second-order valence-corrected chi connectivity index (χ2v) is 4.98. The van der Waals surface area contributed by atoms with Crippen LogP contribution in [0.25, 0.3) is 27.9 Å². The third-order valence-electron chi connectivity index (χ3n) is 2.91. The first-order valence-electron chi connectivity index (χ1n) is 5.84. The van der Waals surface area contributed by atoms with Gasteiger partial charge in [-0.05, 0) is 34.4 Å². The van der Waals surface area contributed by atoms with Gasteiger partial charge in [-0.25, -0.2) is 4.98 Å². The zero-order valence-electron chi connectivity index (χ0n) is 10.4. The van der Waals surface area contributed by atoms with Crippen molar-refractivity contribution in [2.24, 2.45) is 0 Å². The van der Waals surface area contributed by atoms with Crippen molar-refractivity contribution in [2.45, 2.75) is 0 Å². The van der Waals surface area contributed by atoms with Gasteiger partial charge in [-0.3, -0.25) is 0 Å². The maximum Gasteiger partial charge on any atom is 0.178 e. The molecule has 0 radical (unpaired) electrons. The Morgan fingerprint density at radius 2 is 2.10 bits per heavy atom. The molecule has 0 atom stereocenters. The summed E-state index contributed by atoms with van der Waals surface area (Å²) in [6, 6.07) is 13.6. The van der Waals surface area contributed by atoms with Crippen LogP contribution in [-0.2, 0) is 0 Å². The molecule has 0 fully saturated rings. The molecule has 0 aliphatic carbocycles. The minimum atomic E-state index is -0.102. The molecule has 1 heterocycles. The standard InChI is InChI=1S/C15H9N3OS/c1-9(19)15-17-14(18-20-15)11-6-10-4-2-3-5-13(10)12(7-11)8-16/h2-7,19H,1H2. The number of aromatic nitrogens is 2. The third kappa shape index (κ3) is 2.02. The number of aliphatic hydroxyl groups is 1. The fourth-order valence-corrected chi connectivity index (χ4v) is 2.54. The number of nitriles is 1. The van der Waals surface area contributed by atoms with Gasteiger partial charge in [0.25, 0.3) is 0 Å². The van der Waals surface area contributed by atoms with E-state index in [1.807, 2.05) is 30.3 Å². The van der Waals surface area contributed by atoms with Crippen LogP contribution in [0.5, 0.6) is 0 Å². The van der Waals surface area contributed by atoms with Crippen molar-refractivity contribution in [1.82, 2.24) is 9.36 Å². The van der Waals surface area contributed by atoms with Gasteiger partial charge in [0.1, 0.15) is 5.76 Å². The number of aliphatic hydroxyl groups excluding tert-OH is 1. The quantitative estimate of drug-likeness (QED) is 0.725. The monoisotopic (exact) mass is 279 g/mol. The first-order chi connectivity index (χ1) is 9.69. The first kappa shape index (κ1) is 12.3. The van der Waals surface area contributed by atoms with Gasteiger partial charge in [-0.2, -0.15) is 9.64 Å². The van der Waals surface area contributed by atoms with Gasteiger partial charge < -0.3 is 5.11 Å². The number of hydrogen-bond acceptors (Lipinski definition) is 5. The van der Waals surface area contributed by atoms with E-state index in [1.54, 1.807) is 6.07 Å². The molecule has 0 unspecified atom stereocenters. The summed E-state index contributed by atoms with van der Waals surface area (Å²) < 4.78 is 4.19. The SMILES string of the molecule is C=C(O)c1nc(-c2cc(C#N)c3ccccc3c2)ns1. The average Bonchev–Trinajstić information content (AvgIpc) is 2.96. The summed E-state index contributed by atoms with van der Waals surface area (Å²) in [5.74, 6) is 0.387. The van der Waals surface area contributed by atoms with Gasteiger partial charge in [0.15, 0.2) is 10.8 Å². The van der Waals surface area contributed by atoms with Crippen LogP contribution < -0.4 is 0 Å². The lowest BCUT2D eigenvalue weighted by atomic mass is 10.0. The molecule has 2 aromatic carbocycles. The largest absolute Gasteiger partial charge is 0.505 e. The highest BCUT2D eigenvalue weighted by atomic mass is 32.1. The molecule has 0 spiro atoms. The van der Waals surface area contributed by atoms with Gasteiger partial charge in [-0.15, -0.1) is 0 Å². The molecule has 0 saturated heterocycles. The van der Waals surface area contributed by atoms with Crippen LogP contribution in [0.1, 0.15) is 10.6 Å². The third-order valence-corrected chi connectivity index (χ3v) is 3.68.